The van der Waals surface area contributed by atoms with Gasteiger partial charge in [0.15, 0.2) is 0 Å². The van der Waals surface area contributed by atoms with Crippen molar-refractivity contribution in [2.24, 2.45) is 0 Å². The van der Waals surface area contributed by atoms with Crippen LogP contribution in [-0.4, -0.2) is 19.2 Å². The third kappa shape index (κ3) is 3.48. The standard InChI is InChI=1S/C15H22BrNO/c1-3-11(2)12-4-5-15(14(16)10-12)18-13-6-8-17-9-7-13/h4-5,10-11,13,17H,3,6-9H2,1-2H3/t11-/m1/s1. The molecule has 0 radical (unpaired) electrons. The average Bonchev–Trinajstić information content (AvgIpc) is 2.41. The van der Waals surface area contributed by atoms with Crippen LogP contribution in [0.5, 0.6) is 5.75 Å². The Labute approximate surface area is 118 Å². The number of hydrogen-bond acceptors (Lipinski definition) is 2. The molecular weight excluding hydrogens is 290 g/mol. The maximum Gasteiger partial charge on any atom is 0.133 e. The number of halogens is 1. The molecule has 1 fully saturated rings. The number of piperidine rings is 1. The van der Waals surface area contributed by atoms with E-state index in [0.717, 1.165) is 36.2 Å². The smallest absolute Gasteiger partial charge is 0.133 e. The first-order chi connectivity index (χ1) is 8.70. The maximum atomic E-state index is 6.07. The minimum absolute atomic E-state index is 0.358. The first kappa shape index (κ1) is 13.9. The lowest BCUT2D eigenvalue weighted by atomic mass is 9.99. The molecule has 0 amide bonds. The molecule has 1 N–H and O–H groups in total. The van der Waals surface area contributed by atoms with Gasteiger partial charge in [0.1, 0.15) is 11.9 Å². The molecule has 2 rings (SSSR count). The number of hydrogen-bond donors (Lipinski definition) is 1. The van der Waals surface area contributed by atoms with Crippen LogP contribution in [0, 0.1) is 0 Å². The zero-order chi connectivity index (χ0) is 13.0. The van der Waals surface area contributed by atoms with E-state index in [2.05, 4.69) is 53.3 Å². The van der Waals surface area contributed by atoms with Crippen LogP contribution in [0.2, 0.25) is 0 Å². The van der Waals surface area contributed by atoms with E-state index in [4.69, 9.17) is 4.74 Å². The van der Waals surface area contributed by atoms with Gasteiger partial charge < -0.3 is 10.1 Å². The van der Waals surface area contributed by atoms with Crippen LogP contribution in [0.4, 0.5) is 0 Å². The Morgan fingerprint density at radius 3 is 2.72 bits per heavy atom. The Morgan fingerprint density at radius 2 is 2.11 bits per heavy atom. The van der Waals surface area contributed by atoms with Crippen LogP contribution < -0.4 is 10.1 Å². The van der Waals surface area contributed by atoms with E-state index < -0.39 is 0 Å². The SMILES string of the molecule is CC[C@@H](C)c1ccc(OC2CCNCC2)c(Br)c1. The second kappa shape index (κ2) is 6.58. The van der Waals surface area contributed by atoms with Gasteiger partial charge in [-0.2, -0.15) is 0 Å². The summed E-state index contributed by atoms with van der Waals surface area (Å²) in [5.74, 6) is 1.59. The van der Waals surface area contributed by atoms with Crippen LogP contribution in [0.3, 0.4) is 0 Å². The van der Waals surface area contributed by atoms with Crippen molar-refractivity contribution >= 4 is 15.9 Å². The van der Waals surface area contributed by atoms with Gasteiger partial charge in [-0.3, -0.25) is 0 Å². The van der Waals surface area contributed by atoms with E-state index in [0.29, 0.717) is 12.0 Å². The molecule has 1 heterocycles. The third-order valence-corrected chi connectivity index (χ3v) is 4.34. The second-order valence-electron chi connectivity index (χ2n) is 5.07. The van der Waals surface area contributed by atoms with Crippen molar-refractivity contribution in [3.8, 4) is 5.75 Å². The Kier molecular flexibility index (Phi) is 5.07. The number of nitrogens with one attached hydrogen (secondary N) is 1. The summed E-state index contributed by atoms with van der Waals surface area (Å²) in [5, 5.41) is 3.36. The van der Waals surface area contributed by atoms with Crippen LogP contribution in [-0.2, 0) is 0 Å². The molecule has 0 aromatic heterocycles. The predicted molar refractivity (Wildman–Crippen MR) is 79.4 cm³/mol. The Morgan fingerprint density at radius 1 is 1.39 bits per heavy atom. The topological polar surface area (TPSA) is 21.3 Å². The molecule has 1 aromatic rings. The molecular formula is C15H22BrNO. The first-order valence-electron chi connectivity index (χ1n) is 6.87. The van der Waals surface area contributed by atoms with Gasteiger partial charge in [0.05, 0.1) is 4.47 Å². The number of ether oxygens (including phenoxy) is 1. The largest absolute Gasteiger partial charge is 0.489 e. The van der Waals surface area contributed by atoms with Gasteiger partial charge in [0, 0.05) is 0 Å². The predicted octanol–water partition coefficient (Wildman–Crippen LogP) is 4.09. The highest BCUT2D eigenvalue weighted by Gasteiger charge is 2.16. The molecule has 3 heteroatoms. The molecule has 0 saturated carbocycles. The summed E-state index contributed by atoms with van der Waals surface area (Å²) in [4.78, 5) is 0. The summed E-state index contributed by atoms with van der Waals surface area (Å²) in [5.41, 5.74) is 1.38. The molecule has 1 aliphatic heterocycles. The van der Waals surface area contributed by atoms with Crippen molar-refractivity contribution in [2.45, 2.75) is 45.1 Å². The minimum atomic E-state index is 0.358. The molecule has 0 aliphatic carbocycles. The fourth-order valence-corrected chi connectivity index (χ4v) is 2.74. The van der Waals surface area contributed by atoms with E-state index in [9.17, 15) is 0 Å². The van der Waals surface area contributed by atoms with E-state index in [1.807, 2.05) is 0 Å². The van der Waals surface area contributed by atoms with E-state index in [1.54, 1.807) is 0 Å². The van der Waals surface area contributed by atoms with Gasteiger partial charge in [-0.15, -0.1) is 0 Å². The van der Waals surface area contributed by atoms with Crippen molar-refractivity contribution in [3.63, 3.8) is 0 Å². The van der Waals surface area contributed by atoms with Crippen molar-refractivity contribution in [1.82, 2.24) is 5.32 Å². The fourth-order valence-electron chi connectivity index (χ4n) is 2.25. The molecule has 1 aliphatic rings. The molecule has 2 nitrogen and oxygen atoms in total. The highest BCUT2D eigenvalue weighted by molar-refractivity contribution is 9.10. The number of benzene rings is 1. The molecule has 0 spiro atoms. The van der Waals surface area contributed by atoms with Crippen molar-refractivity contribution in [1.29, 1.82) is 0 Å². The molecule has 0 bridgehead atoms. The summed E-state index contributed by atoms with van der Waals surface area (Å²) in [6.07, 6.45) is 3.72. The first-order valence-corrected chi connectivity index (χ1v) is 7.66. The van der Waals surface area contributed by atoms with E-state index in [-0.39, 0.29) is 0 Å². The van der Waals surface area contributed by atoms with Crippen LogP contribution in [0.1, 0.15) is 44.6 Å². The van der Waals surface area contributed by atoms with Gasteiger partial charge >= 0.3 is 0 Å². The fraction of sp³-hybridized carbons (Fsp3) is 0.600. The highest BCUT2D eigenvalue weighted by Crippen LogP contribution is 2.31. The van der Waals surface area contributed by atoms with Gasteiger partial charge in [-0.05, 0) is 71.9 Å². The van der Waals surface area contributed by atoms with Gasteiger partial charge in [0.2, 0.25) is 0 Å². The maximum absolute atomic E-state index is 6.07. The second-order valence-corrected chi connectivity index (χ2v) is 5.92. The minimum Gasteiger partial charge on any atom is -0.489 e. The van der Waals surface area contributed by atoms with Crippen molar-refractivity contribution in [2.75, 3.05) is 13.1 Å². The lowest BCUT2D eigenvalue weighted by Crippen LogP contribution is -2.34. The quantitative estimate of drug-likeness (QED) is 0.904. The summed E-state index contributed by atoms with van der Waals surface area (Å²) in [6, 6.07) is 6.49. The molecule has 18 heavy (non-hydrogen) atoms. The summed E-state index contributed by atoms with van der Waals surface area (Å²) in [7, 11) is 0. The van der Waals surface area contributed by atoms with Crippen LogP contribution >= 0.6 is 15.9 Å². The number of rotatable bonds is 4. The third-order valence-electron chi connectivity index (χ3n) is 3.72. The van der Waals surface area contributed by atoms with Crippen LogP contribution in [0.15, 0.2) is 22.7 Å². The van der Waals surface area contributed by atoms with E-state index >= 15 is 0 Å². The van der Waals surface area contributed by atoms with Gasteiger partial charge in [-0.25, -0.2) is 0 Å². The highest BCUT2D eigenvalue weighted by atomic mass is 79.9. The normalized spacial score (nSPS) is 18.6. The average molecular weight is 312 g/mol. The van der Waals surface area contributed by atoms with Gasteiger partial charge in [-0.1, -0.05) is 19.9 Å². The Hall–Kier alpha value is -0.540. The summed E-state index contributed by atoms with van der Waals surface area (Å²) in [6.45, 7) is 6.60. The molecule has 1 atom stereocenters. The summed E-state index contributed by atoms with van der Waals surface area (Å²) >= 11 is 3.63. The summed E-state index contributed by atoms with van der Waals surface area (Å²) < 4.78 is 7.15. The molecule has 0 unspecified atom stereocenters. The molecule has 100 valence electrons. The molecule has 1 aromatic carbocycles. The monoisotopic (exact) mass is 311 g/mol. The molecule has 1 saturated heterocycles. The Bertz CT molecular complexity index is 388. The van der Waals surface area contributed by atoms with E-state index in [1.165, 1.54) is 12.0 Å². The van der Waals surface area contributed by atoms with Crippen molar-refractivity contribution in [3.05, 3.63) is 28.2 Å². The Balaban J connectivity index is 2.04. The lowest BCUT2D eigenvalue weighted by Gasteiger charge is -2.24. The van der Waals surface area contributed by atoms with Crippen molar-refractivity contribution < 1.29 is 4.74 Å². The van der Waals surface area contributed by atoms with Crippen LogP contribution in [0.25, 0.3) is 0 Å². The zero-order valence-electron chi connectivity index (χ0n) is 11.2. The van der Waals surface area contributed by atoms with Gasteiger partial charge in [0.25, 0.3) is 0 Å². The lowest BCUT2D eigenvalue weighted by molar-refractivity contribution is 0.161. The zero-order valence-corrected chi connectivity index (χ0v) is 12.8.